The van der Waals surface area contributed by atoms with Gasteiger partial charge in [-0.15, -0.1) is 0 Å². The lowest BCUT2D eigenvalue weighted by atomic mass is 10.1. The predicted octanol–water partition coefficient (Wildman–Crippen LogP) is 0.756. The molecule has 1 aromatic carbocycles. The van der Waals surface area contributed by atoms with Crippen LogP contribution in [0.15, 0.2) is 48.2 Å². The maximum absolute atomic E-state index is 13.2. The first-order chi connectivity index (χ1) is 17.1. The quantitative estimate of drug-likeness (QED) is 0.225. The van der Waals surface area contributed by atoms with E-state index < -0.39 is 17.6 Å². The van der Waals surface area contributed by atoms with Crippen molar-refractivity contribution in [2.24, 2.45) is 0 Å². The Morgan fingerprint density at radius 1 is 1.42 bits per heavy atom. The molecule has 4 N–H and O–H groups in total. The van der Waals surface area contributed by atoms with E-state index in [-0.39, 0.29) is 42.9 Å². The van der Waals surface area contributed by atoms with E-state index in [1.54, 1.807) is 45.2 Å². The van der Waals surface area contributed by atoms with Crippen molar-refractivity contribution >= 4 is 23.7 Å². The molecule has 2 amide bonds. The zero-order chi connectivity index (χ0) is 26.3. The van der Waals surface area contributed by atoms with E-state index in [0.717, 1.165) is 0 Å². The maximum atomic E-state index is 13.2. The molecule has 0 aliphatic carbocycles. The van der Waals surface area contributed by atoms with Crippen molar-refractivity contribution in [3.05, 3.63) is 59.7 Å². The molecule has 10 heteroatoms. The molecule has 0 spiro atoms. The minimum atomic E-state index is -1.15. The molecule has 9 nitrogen and oxygen atoms in total. The lowest BCUT2D eigenvalue weighted by Gasteiger charge is -2.20. The van der Waals surface area contributed by atoms with E-state index >= 15 is 0 Å². The number of nitrogens with one attached hydrogen (secondary N) is 1. The van der Waals surface area contributed by atoms with Crippen LogP contribution in [-0.2, 0) is 9.59 Å². The fourth-order valence-corrected chi connectivity index (χ4v) is 3.23. The number of likely N-dealkylation sites (N-methyl/N-ethyl adjacent to an activating group) is 1. The van der Waals surface area contributed by atoms with Gasteiger partial charge in [-0.1, -0.05) is 17.9 Å². The van der Waals surface area contributed by atoms with Gasteiger partial charge in [-0.25, -0.2) is 0 Å². The van der Waals surface area contributed by atoms with Gasteiger partial charge in [0.25, 0.3) is 5.91 Å². The van der Waals surface area contributed by atoms with E-state index in [2.05, 4.69) is 22.1 Å². The van der Waals surface area contributed by atoms with E-state index in [9.17, 15) is 19.1 Å². The van der Waals surface area contributed by atoms with Crippen molar-refractivity contribution in [2.75, 3.05) is 18.6 Å². The number of hydrogen-bond acceptors (Lipinski definition) is 6. The molecule has 1 aliphatic heterocycles. The van der Waals surface area contributed by atoms with Crippen molar-refractivity contribution in [2.45, 2.75) is 38.3 Å². The molecule has 0 fully saturated rings. The SMILES string of the molecule is CN1C(=O)C(NC(=O)CC/C=C(\C=[NH2+])Oc2cccc(F)n2)COc2ccc(C#CC(C)(C)O)cc21. The van der Waals surface area contributed by atoms with Crippen LogP contribution in [-0.4, -0.2) is 53.4 Å². The molecule has 1 atom stereocenters. The summed E-state index contributed by atoms with van der Waals surface area (Å²) in [7, 11) is 1.59. The fourth-order valence-electron chi connectivity index (χ4n) is 3.23. The monoisotopic (exact) mass is 495 g/mol. The second-order valence-electron chi connectivity index (χ2n) is 8.53. The summed E-state index contributed by atoms with van der Waals surface area (Å²) < 4.78 is 24.4. The van der Waals surface area contributed by atoms with Gasteiger partial charge in [0.2, 0.25) is 23.9 Å². The highest BCUT2D eigenvalue weighted by Gasteiger charge is 2.30. The molecular formula is C26H28FN4O5+. The van der Waals surface area contributed by atoms with E-state index in [0.29, 0.717) is 17.0 Å². The van der Waals surface area contributed by atoms with Crippen LogP contribution >= 0.6 is 0 Å². The summed E-state index contributed by atoms with van der Waals surface area (Å²) in [5.41, 5.74) is -0.0360. The highest BCUT2D eigenvalue weighted by Crippen LogP contribution is 2.31. The number of aliphatic hydroxyl groups is 1. The molecule has 2 aromatic rings. The van der Waals surface area contributed by atoms with Crippen LogP contribution < -0.4 is 25.1 Å². The van der Waals surface area contributed by atoms with Crippen molar-refractivity contribution in [3.8, 4) is 23.5 Å². The van der Waals surface area contributed by atoms with Crippen LogP contribution in [0.3, 0.4) is 0 Å². The number of benzene rings is 1. The molecular weight excluding hydrogens is 467 g/mol. The topological polar surface area (TPSA) is 127 Å². The molecule has 3 rings (SSSR count). The number of allylic oxidation sites excluding steroid dienone is 2. The van der Waals surface area contributed by atoms with Crippen LogP contribution in [0.1, 0.15) is 32.3 Å². The van der Waals surface area contributed by atoms with Crippen LogP contribution in [0.2, 0.25) is 0 Å². The van der Waals surface area contributed by atoms with E-state index in [1.807, 2.05) is 0 Å². The van der Waals surface area contributed by atoms with Gasteiger partial charge in [-0.2, -0.15) is 9.37 Å². The summed E-state index contributed by atoms with van der Waals surface area (Å²) in [6.07, 6.45) is 3.05. The molecule has 1 aromatic heterocycles. The zero-order valence-electron chi connectivity index (χ0n) is 20.2. The van der Waals surface area contributed by atoms with Crippen molar-refractivity contribution in [1.82, 2.24) is 10.3 Å². The molecule has 1 aliphatic rings. The summed E-state index contributed by atoms with van der Waals surface area (Å²) in [5.74, 6) is 4.92. The summed E-state index contributed by atoms with van der Waals surface area (Å²) in [6, 6.07) is 8.34. The number of halogens is 1. The number of carbonyl (C=O) groups excluding carboxylic acids is 2. The number of pyridine rings is 1. The van der Waals surface area contributed by atoms with Gasteiger partial charge < -0.3 is 24.8 Å². The highest BCUT2D eigenvalue weighted by atomic mass is 19.1. The van der Waals surface area contributed by atoms with Crippen molar-refractivity contribution in [1.29, 1.82) is 0 Å². The predicted molar refractivity (Wildman–Crippen MR) is 131 cm³/mol. The molecule has 0 radical (unpaired) electrons. The molecule has 188 valence electrons. The van der Waals surface area contributed by atoms with Crippen LogP contribution in [0.5, 0.6) is 11.6 Å². The first-order valence-electron chi connectivity index (χ1n) is 11.2. The number of nitrogens with zero attached hydrogens (tertiary/aromatic N) is 2. The van der Waals surface area contributed by atoms with E-state index in [4.69, 9.17) is 14.9 Å². The molecule has 36 heavy (non-hydrogen) atoms. The first-order valence-corrected chi connectivity index (χ1v) is 11.2. The third-order valence-electron chi connectivity index (χ3n) is 5.00. The second kappa shape index (κ2) is 11.5. The number of ether oxygens (including phenoxy) is 2. The average molecular weight is 496 g/mol. The summed E-state index contributed by atoms with van der Waals surface area (Å²) in [6.45, 7) is 3.12. The zero-order valence-corrected chi connectivity index (χ0v) is 20.2. The third-order valence-corrected chi connectivity index (χ3v) is 5.00. The largest absolute Gasteiger partial charge is 0.489 e. The van der Waals surface area contributed by atoms with Gasteiger partial charge in [0.1, 0.15) is 24.0 Å². The number of aromatic nitrogens is 1. The molecule has 0 saturated heterocycles. The summed E-state index contributed by atoms with van der Waals surface area (Å²) >= 11 is 0. The number of anilines is 1. The smallest absolute Gasteiger partial charge is 0.252 e. The fraction of sp³-hybridized carbons (Fsp3) is 0.308. The van der Waals surface area contributed by atoms with Crippen LogP contribution in [0, 0.1) is 17.8 Å². The molecule has 0 bridgehead atoms. The van der Waals surface area contributed by atoms with Crippen LogP contribution in [0.4, 0.5) is 10.1 Å². The first kappa shape index (κ1) is 26.4. The Morgan fingerprint density at radius 2 is 2.19 bits per heavy atom. The summed E-state index contributed by atoms with van der Waals surface area (Å²) in [4.78, 5) is 30.5. The standard InChI is InChI=1S/C26H27FN4O5/c1-26(2,34)13-12-17-10-11-21-20(14-17)31(3)25(33)19(16-35-21)29-23(32)8-4-6-18(15-28)36-24-9-5-7-22(27)30-24/h5-7,9-11,14-15,19,28,34H,4,8,16H2,1-3H3,(H,29,32)/p+1/b18-6+,28-15?. The Balaban J connectivity index is 1.60. The lowest BCUT2D eigenvalue weighted by Crippen LogP contribution is -2.49. The van der Waals surface area contributed by atoms with Crippen molar-refractivity contribution < 1.29 is 34.0 Å². The maximum Gasteiger partial charge on any atom is 0.252 e. The van der Waals surface area contributed by atoms with Gasteiger partial charge in [0.05, 0.1) is 5.69 Å². The second-order valence-corrected chi connectivity index (χ2v) is 8.53. The van der Waals surface area contributed by atoms with Gasteiger partial charge in [-0.05, 0) is 50.6 Å². The van der Waals surface area contributed by atoms with Crippen molar-refractivity contribution in [3.63, 3.8) is 0 Å². The molecule has 0 saturated carbocycles. The normalized spacial score (nSPS) is 15.6. The third kappa shape index (κ3) is 7.38. The Labute approximate surface area is 208 Å². The Kier molecular flexibility index (Phi) is 8.40. The number of carbonyl (C=O) groups is 2. The van der Waals surface area contributed by atoms with Crippen LogP contribution in [0.25, 0.3) is 0 Å². The minimum absolute atomic E-state index is 0.0328. The molecule has 1 unspecified atom stereocenters. The lowest BCUT2D eigenvalue weighted by molar-refractivity contribution is -0.127. The number of nitrogens with two attached hydrogens (primary N) is 1. The number of fused-ring (bicyclic) bond motifs is 1. The molecule has 2 heterocycles. The summed E-state index contributed by atoms with van der Waals surface area (Å²) in [5, 5.41) is 18.1. The van der Waals surface area contributed by atoms with Gasteiger partial charge in [0.15, 0.2) is 5.76 Å². The van der Waals surface area contributed by atoms with Gasteiger partial charge >= 0.3 is 0 Å². The van der Waals surface area contributed by atoms with E-state index in [1.165, 1.54) is 29.3 Å². The number of rotatable bonds is 7. The Hall–Kier alpha value is -4.23. The number of amides is 2. The average Bonchev–Trinajstić information content (AvgIpc) is 2.93. The number of hydrogen-bond donors (Lipinski definition) is 3. The Morgan fingerprint density at radius 3 is 2.89 bits per heavy atom. The van der Waals surface area contributed by atoms with Gasteiger partial charge in [0, 0.05) is 25.1 Å². The minimum Gasteiger partial charge on any atom is -0.489 e. The highest BCUT2D eigenvalue weighted by molar-refractivity contribution is 6.00. The Bertz CT molecular complexity index is 1240. The van der Waals surface area contributed by atoms with Gasteiger partial charge in [-0.3, -0.25) is 15.0 Å².